The Morgan fingerprint density at radius 2 is 2.33 bits per heavy atom. The summed E-state index contributed by atoms with van der Waals surface area (Å²) in [6, 6.07) is 0.682. The van der Waals surface area contributed by atoms with E-state index in [4.69, 9.17) is 5.73 Å². The number of nitrogen functional groups attached to an aromatic ring is 1. The molecule has 0 saturated heterocycles. The first-order valence-electron chi connectivity index (χ1n) is 5.69. The normalized spacial score (nSPS) is 26.7. The van der Waals surface area contributed by atoms with Crippen molar-refractivity contribution in [2.24, 2.45) is 5.92 Å². The second kappa shape index (κ2) is 4.94. The fourth-order valence-corrected chi connectivity index (χ4v) is 2.89. The lowest BCUT2D eigenvalue weighted by Crippen LogP contribution is -2.36. The minimum Gasteiger partial charge on any atom is -0.375 e. The SMILES string of the molecule is CC1CCCCC1NCc1cnc(N)s1. The summed E-state index contributed by atoms with van der Waals surface area (Å²) in [5.41, 5.74) is 5.59. The Morgan fingerprint density at radius 1 is 1.53 bits per heavy atom. The molecule has 1 saturated carbocycles. The van der Waals surface area contributed by atoms with E-state index in [0.717, 1.165) is 12.5 Å². The van der Waals surface area contributed by atoms with Crippen LogP contribution in [0.1, 0.15) is 37.5 Å². The minimum absolute atomic E-state index is 0.670. The highest BCUT2D eigenvalue weighted by atomic mass is 32.1. The zero-order valence-electron chi connectivity index (χ0n) is 9.20. The fraction of sp³-hybridized carbons (Fsp3) is 0.727. The van der Waals surface area contributed by atoms with Gasteiger partial charge < -0.3 is 11.1 Å². The molecule has 1 aliphatic carbocycles. The molecule has 2 rings (SSSR count). The van der Waals surface area contributed by atoms with E-state index in [-0.39, 0.29) is 0 Å². The van der Waals surface area contributed by atoms with E-state index in [9.17, 15) is 0 Å². The number of anilines is 1. The maximum Gasteiger partial charge on any atom is 0.180 e. The first-order chi connectivity index (χ1) is 7.25. The Bertz CT molecular complexity index is 311. The quantitative estimate of drug-likeness (QED) is 0.830. The predicted octanol–water partition coefficient (Wildman–Crippen LogP) is 2.39. The smallest absolute Gasteiger partial charge is 0.180 e. The number of aromatic nitrogens is 1. The third-order valence-corrected chi connectivity index (χ3v) is 4.05. The van der Waals surface area contributed by atoms with Gasteiger partial charge in [0, 0.05) is 23.7 Å². The molecule has 0 bridgehead atoms. The maximum absolute atomic E-state index is 5.59. The minimum atomic E-state index is 0.670. The molecule has 0 aliphatic heterocycles. The zero-order valence-corrected chi connectivity index (χ0v) is 10.0. The molecule has 0 aromatic carbocycles. The van der Waals surface area contributed by atoms with Crippen LogP contribution in [0.25, 0.3) is 0 Å². The molecule has 2 unspecified atom stereocenters. The Balaban J connectivity index is 1.81. The lowest BCUT2D eigenvalue weighted by molar-refractivity contribution is 0.280. The molecule has 0 spiro atoms. The van der Waals surface area contributed by atoms with Crippen molar-refractivity contribution in [2.45, 2.75) is 45.2 Å². The number of rotatable bonds is 3. The van der Waals surface area contributed by atoms with Gasteiger partial charge in [-0.15, -0.1) is 11.3 Å². The van der Waals surface area contributed by atoms with E-state index in [1.54, 1.807) is 11.3 Å². The molecule has 0 radical (unpaired) electrons. The molecule has 4 heteroatoms. The van der Waals surface area contributed by atoms with Crippen molar-refractivity contribution >= 4 is 16.5 Å². The van der Waals surface area contributed by atoms with Gasteiger partial charge in [0.05, 0.1) is 0 Å². The fourth-order valence-electron chi connectivity index (χ4n) is 2.26. The van der Waals surface area contributed by atoms with Crippen LogP contribution in [-0.2, 0) is 6.54 Å². The average molecular weight is 225 g/mol. The highest BCUT2D eigenvalue weighted by Gasteiger charge is 2.20. The number of thiazole rings is 1. The molecule has 3 N–H and O–H groups in total. The van der Waals surface area contributed by atoms with Crippen molar-refractivity contribution in [1.82, 2.24) is 10.3 Å². The van der Waals surface area contributed by atoms with Gasteiger partial charge in [-0.25, -0.2) is 4.98 Å². The van der Waals surface area contributed by atoms with Crippen LogP contribution in [0.2, 0.25) is 0 Å². The van der Waals surface area contributed by atoms with Gasteiger partial charge in [-0.3, -0.25) is 0 Å². The van der Waals surface area contributed by atoms with Gasteiger partial charge in [0.1, 0.15) is 0 Å². The van der Waals surface area contributed by atoms with Crippen LogP contribution < -0.4 is 11.1 Å². The molecule has 1 heterocycles. The van der Waals surface area contributed by atoms with Gasteiger partial charge in [0.2, 0.25) is 0 Å². The summed E-state index contributed by atoms with van der Waals surface area (Å²) in [5.74, 6) is 0.809. The van der Waals surface area contributed by atoms with Crippen molar-refractivity contribution < 1.29 is 0 Å². The molecule has 1 aromatic rings. The van der Waals surface area contributed by atoms with Gasteiger partial charge in [-0.2, -0.15) is 0 Å². The van der Waals surface area contributed by atoms with E-state index >= 15 is 0 Å². The van der Waals surface area contributed by atoms with Gasteiger partial charge >= 0.3 is 0 Å². The average Bonchev–Trinajstić information content (AvgIpc) is 2.63. The molecule has 3 nitrogen and oxygen atoms in total. The topological polar surface area (TPSA) is 50.9 Å². The van der Waals surface area contributed by atoms with Crippen molar-refractivity contribution in [3.8, 4) is 0 Å². The maximum atomic E-state index is 5.59. The molecule has 15 heavy (non-hydrogen) atoms. The second-order valence-corrected chi connectivity index (χ2v) is 5.56. The Kier molecular flexibility index (Phi) is 3.59. The van der Waals surface area contributed by atoms with Crippen LogP contribution >= 0.6 is 11.3 Å². The number of nitrogens with zero attached hydrogens (tertiary/aromatic N) is 1. The molecule has 1 aromatic heterocycles. The highest BCUT2D eigenvalue weighted by Crippen LogP contribution is 2.24. The van der Waals surface area contributed by atoms with Crippen molar-refractivity contribution in [3.05, 3.63) is 11.1 Å². The Morgan fingerprint density at radius 3 is 3.00 bits per heavy atom. The lowest BCUT2D eigenvalue weighted by Gasteiger charge is -2.29. The Labute approximate surface area is 95.1 Å². The van der Waals surface area contributed by atoms with Crippen LogP contribution in [0.5, 0.6) is 0 Å². The summed E-state index contributed by atoms with van der Waals surface area (Å²) in [6.07, 6.45) is 7.32. The van der Waals surface area contributed by atoms with Crippen LogP contribution in [0.15, 0.2) is 6.20 Å². The molecular formula is C11H19N3S. The first-order valence-corrected chi connectivity index (χ1v) is 6.51. The summed E-state index contributed by atoms with van der Waals surface area (Å²) >= 11 is 1.58. The molecule has 1 fully saturated rings. The molecule has 84 valence electrons. The molecule has 1 aliphatic rings. The van der Waals surface area contributed by atoms with Gasteiger partial charge in [-0.1, -0.05) is 19.8 Å². The summed E-state index contributed by atoms with van der Waals surface area (Å²) in [7, 11) is 0. The largest absolute Gasteiger partial charge is 0.375 e. The second-order valence-electron chi connectivity index (χ2n) is 4.41. The van der Waals surface area contributed by atoms with Gasteiger partial charge in [-0.05, 0) is 18.8 Å². The first kappa shape index (κ1) is 10.9. The summed E-state index contributed by atoms with van der Waals surface area (Å²) in [4.78, 5) is 5.30. The van der Waals surface area contributed by atoms with Gasteiger partial charge in [0.25, 0.3) is 0 Å². The van der Waals surface area contributed by atoms with Crippen LogP contribution in [0.4, 0.5) is 5.13 Å². The van der Waals surface area contributed by atoms with E-state index < -0.39 is 0 Å². The van der Waals surface area contributed by atoms with E-state index in [2.05, 4.69) is 17.2 Å². The van der Waals surface area contributed by atoms with E-state index in [1.165, 1.54) is 30.6 Å². The summed E-state index contributed by atoms with van der Waals surface area (Å²) in [5, 5.41) is 4.29. The third-order valence-electron chi connectivity index (χ3n) is 3.22. The zero-order chi connectivity index (χ0) is 10.7. The Hall–Kier alpha value is -0.610. The van der Waals surface area contributed by atoms with Crippen molar-refractivity contribution in [2.75, 3.05) is 5.73 Å². The van der Waals surface area contributed by atoms with Crippen LogP contribution in [0.3, 0.4) is 0 Å². The standard InChI is InChI=1S/C11H19N3S/c1-8-4-2-3-5-10(8)13-6-9-7-14-11(12)15-9/h7-8,10,13H,2-6H2,1H3,(H2,12,14). The van der Waals surface area contributed by atoms with Crippen LogP contribution in [-0.4, -0.2) is 11.0 Å². The van der Waals surface area contributed by atoms with Crippen molar-refractivity contribution in [3.63, 3.8) is 0 Å². The van der Waals surface area contributed by atoms with Gasteiger partial charge in [0.15, 0.2) is 5.13 Å². The number of nitrogens with two attached hydrogens (primary N) is 1. The van der Waals surface area contributed by atoms with Crippen LogP contribution in [0, 0.1) is 5.92 Å². The molecule has 2 atom stereocenters. The monoisotopic (exact) mass is 225 g/mol. The summed E-state index contributed by atoms with van der Waals surface area (Å²) in [6.45, 7) is 3.27. The third kappa shape index (κ3) is 2.92. The van der Waals surface area contributed by atoms with E-state index in [0.29, 0.717) is 11.2 Å². The summed E-state index contributed by atoms with van der Waals surface area (Å²) < 4.78 is 0. The molecule has 0 amide bonds. The lowest BCUT2D eigenvalue weighted by atomic mass is 9.86. The number of hydrogen-bond donors (Lipinski definition) is 2. The number of nitrogens with one attached hydrogen (secondary N) is 1. The highest BCUT2D eigenvalue weighted by molar-refractivity contribution is 7.15. The van der Waals surface area contributed by atoms with E-state index in [1.807, 2.05) is 6.20 Å². The van der Waals surface area contributed by atoms with Crippen molar-refractivity contribution in [1.29, 1.82) is 0 Å². The predicted molar refractivity (Wildman–Crippen MR) is 64.8 cm³/mol. The number of hydrogen-bond acceptors (Lipinski definition) is 4. The molecular weight excluding hydrogens is 206 g/mol.